The first kappa shape index (κ1) is 16.4. The van der Waals surface area contributed by atoms with E-state index in [1.807, 2.05) is 0 Å². The van der Waals surface area contributed by atoms with E-state index in [9.17, 15) is 8.42 Å². The molecule has 1 saturated heterocycles. The summed E-state index contributed by atoms with van der Waals surface area (Å²) in [4.78, 5) is 0. The number of rotatable bonds is 4. The van der Waals surface area contributed by atoms with E-state index in [0.717, 1.165) is 25.7 Å². The van der Waals surface area contributed by atoms with Crippen LogP contribution in [0.25, 0.3) is 0 Å². The molecule has 2 rings (SSSR count). The van der Waals surface area contributed by atoms with Gasteiger partial charge in [0.15, 0.2) is 5.03 Å². The molecule has 2 N–H and O–H groups in total. The van der Waals surface area contributed by atoms with Gasteiger partial charge in [0.05, 0.1) is 6.20 Å². The average Bonchev–Trinajstić information content (AvgIpc) is 2.77. The zero-order valence-corrected chi connectivity index (χ0v) is 12.7. The Hall–Kier alpha value is -0.630. The maximum Gasteiger partial charge on any atom is 0.260 e. The first-order valence-electron chi connectivity index (χ1n) is 6.27. The van der Waals surface area contributed by atoms with Crippen LogP contribution < -0.4 is 5.73 Å². The van der Waals surface area contributed by atoms with Gasteiger partial charge in [-0.05, 0) is 31.9 Å². The fourth-order valence-electron chi connectivity index (χ4n) is 2.51. The van der Waals surface area contributed by atoms with Gasteiger partial charge in [-0.2, -0.15) is 9.40 Å². The number of piperidine rings is 1. The summed E-state index contributed by atoms with van der Waals surface area (Å²) in [6.07, 6.45) is 5.11. The molecule has 1 fully saturated rings. The van der Waals surface area contributed by atoms with Gasteiger partial charge in [0.2, 0.25) is 0 Å². The fraction of sp³-hybridized carbons (Fsp3) is 0.727. The number of aryl methyl sites for hydroxylation is 1. The number of aromatic nitrogens is 2. The lowest BCUT2D eigenvalue weighted by atomic mass is 10.0. The summed E-state index contributed by atoms with van der Waals surface area (Å²) < 4.78 is 28.2. The minimum Gasteiger partial charge on any atom is -0.330 e. The highest BCUT2D eigenvalue weighted by molar-refractivity contribution is 7.89. The molecule has 1 aromatic rings. The third kappa shape index (κ3) is 3.28. The van der Waals surface area contributed by atoms with E-state index >= 15 is 0 Å². The van der Waals surface area contributed by atoms with Crippen molar-refractivity contribution in [1.29, 1.82) is 0 Å². The molecule has 8 heteroatoms. The van der Waals surface area contributed by atoms with E-state index in [1.54, 1.807) is 17.4 Å². The Morgan fingerprint density at radius 2 is 2.21 bits per heavy atom. The highest BCUT2D eigenvalue weighted by Gasteiger charge is 2.34. The van der Waals surface area contributed by atoms with Crippen LogP contribution in [-0.4, -0.2) is 41.6 Å². The van der Waals surface area contributed by atoms with Gasteiger partial charge in [-0.1, -0.05) is 6.42 Å². The van der Waals surface area contributed by atoms with Crippen LogP contribution in [0.2, 0.25) is 0 Å². The molecule has 19 heavy (non-hydrogen) atoms. The molecule has 0 bridgehead atoms. The smallest absolute Gasteiger partial charge is 0.260 e. The molecule has 6 nitrogen and oxygen atoms in total. The van der Waals surface area contributed by atoms with E-state index in [2.05, 4.69) is 5.10 Å². The van der Waals surface area contributed by atoms with E-state index in [-0.39, 0.29) is 23.5 Å². The highest BCUT2D eigenvalue weighted by Crippen LogP contribution is 2.26. The quantitative estimate of drug-likeness (QED) is 0.889. The third-order valence-corrected chi connectivity index (χ3v) is 5.45. The van der Waals surface area contributed by atoms with Crippen LogP contribution in [0, 0.1) is 0 Å². The normalized spacial score (nSPS) is 21.1. The third-order valence-electron chi connectivity index (χ3n) is 3.42. The number of nitrogens with two attached hydrogens (primary N) is 1. The van der Waals surface area contributed by atoms with E-state index in [4.69, 9.17) is 5.73 Å². The summed E-state index contributed by atoms with van der Waals surface area (Å²) >= 11 is 0. The molecule has 1 atom stereocenters. The molecule has 110 valence electrons. The van der Waals surface area contributed by atoms with Crippen molar-refractivity contribution in [1.82, 2.24) is 14.1 Å². The Morgan fingerprint density at radius 1 is 1.47 bits per heavy atom. The lowest BCUT2D eigenvalue weighted by Crippen LogP contribution is -2.45. The van der Waals surface area contributed by atoms with E-state index in [1.165, 1.54) is 10.9 Å². The Balaban J connectivity index is 0.00000180. The van der Waals surface area contributed by atoms with Crippen LogP contribution in [0.4, 0.5) is 0 Å². The minimum atomic E-state index is -3.44. The summed E-state index contributed by atoms with van der Waals surface area (Å²) in [5.41, 5.74) is 5.57. The van der Waals surface area contributed by atoms with Gasteiger partial charge in [0.1, 0.15) is 0 Å². The highest BCUT2D eigenvalue weighted by atomic mass is 35.5. The summed E-state index contributed by atoms with van der Waals surface area (Å²) in [7, 11) is -1.79. The minimum absolute atomic E-state index is 0. The van der Waals surface area contributed by atoms with Crippen molar-refractivity contribution in [3.05, 3.63) is 12.3 Å². The molecule has 0 aromatic carbocycles. The zero-order valence-electron chi connectivity index (χ0n) is 11.0. The Bertz CT molecular complexity index is 501. The van der Waals surface area contributed by atoms with E-state index in [0.29, 0.717) is 13.1 Å². The first-order valence-corrected chi connectivity index (χ1v) is 7.71. The van der Waals surface area contributed by atoms with Crippen molar-refractivity contribution in [2.45, 2.75) is 36.8 Å². The molecule has 2 heterocycles. The first-order chi connectivity index (χ1) is 8.57. The zero-order chi connectivity index (χ0) is 13.2. The average molecular weight is 309 g/mol. The Labute approximate surface area is 120 Å². The van der Waals surface area contributed by atoms with Gasteiger partial charge >= 0.3 is 0 Å². The standard InChI is InChI=1S/C11H20N4O2S.ClH/c1-14-11(6-8-13-14)18(16,17)15-9-3-2-4-10(15)5-7-12;/h6,8,10H,2-5,7,9,12H2,1H3;1H. The van der Waals surface area contributed by atoms with Crippen molar-refractivity contribution < 1.29 is 8.42 Å². The van der Waals surface area contributed by atoms with Gasteiger partial charge in [0.25, 0.3) is 10.0 Å². The number of hydrogen-bond acceptors (Lipinski definition) is 4. The molecule has 1 aliphatic heterocycles. The van der Waals surface area contributed by atoms with Crippen LogP contribution in [0.3, 0.4) is 0 Å². The lowest BCUT2D eigenvalue weighted by molar-refractivity contribution is 0.242. The number of hydrogen-bond donors (Lipinski definition) is 1. The van der Waals surface area contributed by atoms with Crippen LogP contribution in [0.5, 0.6) is 0 Å². The maximum absolute atomic E-state index is 12.6. The largest absolute Gasteiger partial charge is 0.330 e. The molecule has 0 radical (unpaired) electrons. The van der Waals surface area contributed by atoms with Gasteiger partial charge < -0.3 is 5.73 Å². The Morgan fingerprint density at radius 3 is 2.79 bits per heavy atom. The van der Waals surface area contributed by atoms with Gasteiger partial charge in [0, 0.05) is 19.6 Å². The molecule has 1 unspecified atom stereocenters. The summed E-state index contributed by atoms with van der Waals surface area (Å²) in [6, 6.07) is 1.58. The molecule has 1 aliphatic rings. The van der Waals surface area contributed by atoms with Gasteiger partial charge in [-0.25, -0.2) is 8.42 Å². The fourth-order valence-corrected chi connectivity index (χ4v) is 4.33. The van der Waals surface area contributed by atoms with Gasteiger partial charge in [-0.15, -0.1) is 12.4 Å². The summed E-state index contributed by atoms with van der Waals surface area (Å²) in [5.74, 6) is 0. The predicted molar refractivity (Wildman–Crippen MR) is 75.7 cm³/mol. The predicted octanol–water partition coefficient (Wildman–Crippen LogP) is 0.734. The Kier molecular flexibility index (Phi) is 5.79. The molecule has 1 aromatic heterocycles. The summed E-state index contributed by atoms with van der Waals surface area (Å²) in [6.45, 7) is 1.10. The van der Waals surface area contributed by atoms with Crippen molar-refractivity contribution >= 4 is 22.4 Å². The monoisotopic (exact) mass is 308 g/mol. The van der Waals surface area contributed by atoms with Crippen LogP contribution in [-0.2, 0) is 17.1 Å². The maximum atomic E-state index is 12.6. The number of halogens is 1. The SMILES string of the molecule is Cl.Cn1nccc1S(=O)(=O)N1CCCCC1CCN. The lowest BCUT2D eigenvalue weighted by Gasteiger charge is -2.34. The van der Waals surface area contributed by atoms with Crippen molar-refractivity contribution in [2.75, 3.05) is 13.1 Å². The second-order valence-electron chi connectivity index (χ2n) is 4.64. The van der Waals surface area contributed by atoms with Crippen LogP contribution in [0.15, 0.2) is 17.3 Å². The molecule has 0 saturated carbocycles. The molecular formula is C11H21ClN4O2S. The number of sulfonamides is 1. The number of nitrogens with zero attached hydrogens (tertiary/aromatic N) is 3. The topological polar surface area (TPSA) is 81.2 Å². The van der Waals surface area contributed by atoms with Crippen molar-refractivity contribution in [2.24, 2.45) is 12.8 Å². The molecule has 0 spiro atoms. The summed E-state index contributed by atoms with van der Waals surface area (Å²) in [5, 5.41) is 4.19. The van der Waals surface area contributed by atoms with Crippen molar-refractivity contribution in [3.8, 4) is 0 Å². The second kappa shape index (κ2) is 6.69. The molecule has 0 amide bonds. The van der Waals surface area contributed by atoms with Gasteiger partial charge in [-0.3, -0.25) is 4.68 Å². The molecule has 0 aliphatic carbocycles. The molecular weight excluding hydrogens is 288 g/mol. The second-order valence-corrected chi connectivity index (χ2v) is 6.47. The van der Waals surface area contributed by atoms with Crippen LogP contribution in [0.1, 0.15) is 25.7 Å². The van der Waals surface area contributed by atoms with Crippen LogP contribution >= 0.6 is 12.4 Å². The van der Waals surface area contributed by atoms with E-state index < -0.39 is 10.0 Å². The van der Waals surface area contributed by atoms with Crippen molar-refractivity contribution in [3.63, 3.8) is 0 Å².